The number of rotatable bonds is 10. The molecular weight excluding hydrogens is 540 g/mol. The van der Waals surface area contributed by atoms with Crippen LogP contribution >= 0.6 is 0 Å². The lowest BCUT2D eigenvalue weighted by atomic mass is 10.1. The number of carbonyl (C=O) groups excluding carboxylic acids is 2. The molecule has 10 heteroatoms. The number of amides is 2. The molecule has 0 unspecified atom stereocenters. The molecule has 1 atom stereocenters. The highest BCUT2D eigenvalue weighted by molar-refractivity contribution is 7.89. The lowest BCUT2D eigenvalue weighted by Gasteiger charge is -2.21. The van der Waals surface area contributed by atoms with Crippen molar-refractivity contribution in [2.45, 2.75) is 44.8 Å². The topological polar surface area (TPSA) is 121 Å². The first kappa shape index (κ1) is 29.4. The largest absolute Gasteiger partial charge is 0.459 e. The van der Waals surface area contributed by atoms with E-state index in [9.17, 15) is 18.0 Å². The fourth-order valence-electron chi connectivity index (χ4n) is 4.00. The quantitative estimate of drug-likeness (QED) is 0.163. The van der Waals surface area contributed by atoms with Gasteiger partial charge in [-0.2, -0.15) is 9.41 Å². The molecule has 41 heavy (non-hydrogen) atoms. The van der Waals surface area contributed by atoms with Gasteiger partial charge in [0.15, 0.2) is 0 Å². The van der Waals surface area contributed by atoms with Crippen molar-refractivity contribution in [3.8, 4) is 0 Å². The Morgan fingerprint density at radius 1 is 0.854 bits per heavy atom. The van der Waals surface area contributed by atoms with Crippen LogP contribution in [0.25, 0.3) is 0 Å². The monoisotopic (exact) mass is 572 g/mol. The highest BCUT2D eigenvalue weighted by Crippen LogP contribution is 2.23. The Labute approximate surface area is 239 Å². The third kappa shape index (κ3) is 8.00. The van der Waals surface area contributed by atoms with Gasteiger partial charge in [-0.15, -0.1) is 0 Å². The fraction of sp³-hybridized carbons (Fsp3) is 0.194. The number of hydrogen-bond donors (Lipinski definition) is 2. The fourth-order valence-corrected chi connectivity index (χ4v) is 5.39. The number of aryl methyl sites for hydroxylation is 2. The number of hydrazone groups is 1. The summed E-state index contributed by atoms with van der Waals surface area (Å²) in [5.41, 5.74) is 5.91. The number of nitrogens with one attached hydrogen (secondary N) is 2. The van der Waals surface area contributed by atoms with E-state index >= 15 is 0 Å². The first-order chi connectivity index (χ1) is 19.6. The van der Waals surface area contributed by atoms with Gasteiger partial charge in [0.1, 0.15) is 11.5 Å². The van der Waals surface area contributed by atoms with Gasteiger partial charge in [-0.1, -0.05) is 77.9 Å². The maximum Gasteiger partial charge on any atom is 0.329 e. The first-order valence-corrected chi connectivity index (χ1v) is 14.5. The molecule has 212 valence electrons. The summed E-state index contributed by atoms with van der Waals surface area (Å²) in [7, 11) is -3.84. The molecule has 2 amide bonds. The van der Waals surface area contributed by atoms with Crippen molar-refractivity contribution >= 4 is 28.1 Å². The van der Waals surface area contributed by atoms with Crippen LogP contribution in [0.1, 0.15) is 46.7 Å². The van der Waals surface area contributed by atoms with Crippen molar-refractivity contribution in [1.82, 2.24) is 15.0 Å². The van der Waals surface area contributed by atoms with Crippen molar-refractivity contribution in [3.63, 3.8) is 0 Å². The van der Waals surface area contributed by atoms with E-state index in [0.717, 1.165) is 22.3 Å². The molecule has 3 aromatic carbocycles. The number of nitrogens with zero attached hydrogens (tertiary/aromatic N) is 2. The predicted octanol–water partition coefficient (Wildman–Crippen LogP) is 4.62. The van der Waals surface area contributed by atoms with Crippen LogP contribution in [0.4, 0.5) is 0 Å². The molecule has 9 nitrogen and oxygen atoms in total. The molecule has 4 aromatic rings. The van der Waals surface area contributed by atoms with Crippen molar-refractivity contribution in [2.75, 3.05) is 0 Å². The Balaban J connectivity index is 1.42. The molecule has 0 spiro atoms. The van der Waals surface area contributed by atoms with Gasteiger partial charge < -0.3 is 9.73 Å². The molecule has 0 saturated heterocycles. The molecule has 0 aliphatic rings. The van der Waals surface area contributed by atoms with Gasteiger partial charge in [0.2, 0.25) is 10.0 Å². The molecule has 4 rings (SSSR count). The summed E-state index contributed by atoms with van der Waals surface area (Å²) in [6.07, 6.45) is 1.24. The van der Waals surface area contributed by atoms with Crippen LogP contribution in [0.2, 0.25) is 0 Å². The Bertz CT molecular complexity index is 1610. The van der Waals surface area contributed by atoms with Crippen molar-refractivity contribution in [2.24, 2.45) is 5.10 Å². The van der Waals surface area contributed by atoms with Crippen LogP contribution in [0.3, 0.4) is 0 Å². The molecule has 0 fully saturated rings. The van der Waals surface area contributed by atoms with E-state index in [1.807, 2.05) is 68.4 Å². The SMILES string of the molecule is Cc1ccc(CN(Cc2ccc(/C=N/NC(=O)C(=O)N[C@@H](C)c3ccccc3)o2)S(=O)(=O)c2ccc(C)cc2)cc1. The van der Waals surface area contributed by atoms with Crippen molar-refractivity contribution in [1.29, 1.82) is 0 Å². The van der Waals surface area contributed by atoms with E-state index in [-0.39, 0.29) is 29.8 Å². The summed E-state index contributed by atoms with van der Waals surface area (Å²) in [5.74, 6) is -1.09. The minimum atomic E-state index is -3.84. The zero-order valence-electron chi connectivity index (χ0n) is 23.1. The minimum absolute atomic E-state index is 0.0237. The zero-order chi connectivity index (χ0) is 29.4. The zero-order valence-corrected chi connectivity index (χ0v) is 23.9. The molecule has 1 aromatic heterocycles. The number of hydrogen-bond acceptors (Lipinski definition) is 6. The Morgan fingerprint density at radius 3 is 2.15 bits per heavy atom. The van der Waals surface area contributed by atoms with Crippen molar-refractivity contribution in [3.05, 3.63) is 125 Å². The molecular formula is C31H32N4O5S. The average molecular weight is 573 g/mol. The van der Waals surface area contributed by atoms with Gasteiger partial charge >= 0.3 is 11.8 Å². The summed E-state index contributed by atoms with van der Waals surface area (Å²) >= 11 is 0. The molecule has 0 bridgehead atoms. The Morgan fingerprint density at radius 2 is 1.49 bits per heavy atom. The van der Waals surface area contributed by atoms with E-state index in [1.54, 1.807) is 43.3 Å². The van der Waals surface area contributed by atoms with Crippen LogP contribution < -0.4 is 10.7 Å². The molecule has 0 saturated carbocycles. The third-order valence-electron chi connectivity index (χ3n) is 6.36. The molecule has 1 heterocycles. The highest BCUT2D eigenvalue weighted by atomic mass is 32.2. The molecule has 0 radical (unpaired) electrons. The van der Waals surface area contributed by atoms with Crippen LogP contribution in [-0.4, -0.2) is 30.8 Å². The average Bonchev–Trinajstić information content (AvgIpc) is 3.41. The highest BCUT2D eigenvalue weighted by Gasteiger charge is 2.26. The van der Waals surface area contributed by atoms with E-state index in [2.05, 4.69) is 15.8 Å². The second-order valence-corrected chi connectivity index (χ2v) is 11.6. The molecule has 2 N–H and O–H groups in total. The standard InChI is InChI=1S/C31H32N4O5S/c1-22-9-13-25(14-10-22)20-35(41(38,39)29-17-11-23(2)12-18-29)21-28-16-15-27(40-28)19-32-34-31(37)30(36)33-24(3)26-7-5-4-6-8-26/h4-19,24H,20-21H2,1-3H3,(H,33,36)(H,34,37)/b32-19+/t24-/m0/s1. The van der Waals surface area contributed by atoms with Gasteiger partial charge in [0.25, 0.3) is 0 Å². The van der Waals surface area contributed by atoms with Crippen LogP contribution in [0.15, 0.2) is 105 Å². The molecule has 0 aliphatic heterocycles. The summed E-state index contributed by atoms with van der Waals surface area (Å²) in [5, 5.41) is 6.42. The molecule has 0 aliphatic carbocycles. The van der Waals surface area contributed by atoms with Gasteiger partial charge in [0, 0.05) is 6.54 Å². The lowest BCUT2D eigenvalue weighted by Crippen LogP contribution is -2.39. The van der Waals surface area contributed by atoms with E-state index in [0.29, 0.717) is 5.76 Å². The normalized spacial score (nSPS) is 12.4. The van der Waals surface area contributed by atoms with Gasteiger partial charge in [0.05, 0.1) is 23.7 Å². The van der Waals surface area contributed by atoms with Gasteiger partial charge in [-0.3, -0.25) is 9.59 Å². The summed E-state index contributed by atoms with van der Waals surface area (Å²) < 4.78 is 34.3. The smallest absolute Gasteiger partial charge is 0.329 e. The van der Waals surface area contributed by atoms with E-state index in [1.165, 1.54) is 10.5 Å². The summed E-state index contributed by atoms with van der Waals surface area (Å²) in [6, 6.07) is 26.5. The number of furan rings is 1. The van der Waals surface area contributed by atoms with E-state index in [4.69, 9.17) is 4.42 Å². The number of benzene rings is 3. The Hall–Kier alpha value is -4.54. The maximum absolute atomic E-state index is 13.6. The summed E-state index contributed by atoms with van der Waals surface area (Å²) in [6.45, 7) is 5.76. The van der Waals surface area contributed by atoms with Crippen molar-refractivity contribution < 1.29 is 22.4 Å². The van der Waals surface area contributed by atoms with Crippen LogP contribution in [0.5, 0.6) is 0 Å². The number of carbonyl (C=O) groups is 2. The Kier molecular flexibility index (Phi) is 9.49. The first-order valence-electron chi connectivity index (χ1n) is 13.0. The number of sulfonamides is 1. The van der Waals surface area contributed by atoms with Crippen LogP contribution in [0, 0.1) is 13.8 Å². The predicted molar refractivity (Wildman–Crippen MR) is 156 cm³/mol. The van der Waals surface area contributed by atoms with Gasteiger partial charge in [-0.05, 0) is 56.2 Å². The summed E-state index contributed by atoms with van der Waals surface area (Å²) in [4.78, 5) is 24.6. The van der Waals surface area contributed by atoms with E-state index < -0.39 is 21.8 Å². The second-order valence-electron chi connectivity index (χ2n) is 9.68. The maximum atomic E-state index is 13.6. The second kappa shape index (κ2) is 13.2. The third-order valence-corrected chi connectivity index (χ3v) is 8.17. The van der Waals surface area contributed by atoms with Crippen LogP contribution in [-0.2, 0) is 32.7 Å². The lowest BCUT2D eigenvalue weighted by molar-refractivity contribution is -0.139. The van der Waals surface area contributed by atoms with Gasteiger partial charge in [-0.25, -0.2) is 13.8 Å². The minimum Gasteiger partial charge on any atom is -0.459 e.